The molecular weight excluding hydrogens is 482 g/mol. The Morgan fingerprint density at radius 3 is 2.34 bits per heavy atom. The van der Waals surface area contributed by atoms with E-state index in [1.807, 2.05) is 45.0 Å². The Balaban J connectivity index is 1.78. The molecule has 1 atom stereocenters. The summed E-state index contributed by atoms with van der Waals surface area (Å²) < 4.78 is 10.6. The number of hydrogen-bond donors (Lipinski definition) is 1. The van der Waals surface area contributed by atoms with Crippen LogP contribution in [0.1, 0.15) is 52.5 Å². The van der Waals surface area contributed by atoms with Crippen molar-refractivity contribution in [3.05, 3.63) is 106 Å². The van der Waals surface area contributed by atoms with Gasteiger partial charge in [0, 0.05) is 12.1 Å². The quantitative estimate of drug-likeness (QED) is 0.187. The third-order valence-corrected chi connectivity index (χ3v) is 6.44. The fourth-order valence-corrected chi connectivity index (χ4v) is 4.47. The van der Waals surface area contributed by atoms with E-state index in [9.17, 15) is 19.5 Å². The summed E-state index contributed by atoms with van der Waals surface area (Å²) in [6.45, 7) is 6.60. The van der Waals surface area contributed by atoms with Gasteiger partial charge >= 0.3 is 5.97 Å². The zero-order valence-corrected chi connectivity index (χ0v) is 21.9. The van der Waals surface area contributed by atoms with Crippen LogP contribution in [0.15, 0.2) is 78.4 Å². The highest BCUT2D eigenvalue weighted by molar-refractivity contribution is 6.46. The number of carbonyl (C=O) groups excluding carboxylic acids is 3. The number of ketones is 1. The van der Waals surface area contributed by atoms with E-state index in [0.717, 1.165) is 16.7 Å². The van der Waals surface area contributed by atoms with Crippen LogP contribution in [0, 0.1) is 12.8 Å². The lowest BCUT2D eigenvalue weighted by Gasteiger charge is -2.26. The van der Waals surface area contributed by atoms with E-state index < -0.39 is 23.7 Å². The van der Waals surface area contributed by atoms with Crippen molar-refractivity contribution in [2.24, 2.45) is 5.92 Å². The van der Waals surface area contributed by atoms with Gasteiger partial charge in [-0.15, -0.1) is 0 Å². The molecule has 1 aliphatic rings. The molecule has 0 saturated carbocycles. The van der Waals surface area contributed by atoms with Gasteiger partial charge < -0.3 is 19.5 Å². The van der Waals surface area contributed by atoms with Gasteiger partial charge in [-0.05, 0) is 53.8 Å². The fourth-order valence-electron chi connectivity index (χ4n) is 4.47. The third-order valence-electron chi connectivity index (χ3n) is 6.44. The lowest BCUT2D eigenvalue weighted by atomic mass is 9.92. The third kappa shape index (κ3) is 5.47. The van der Waals surface area contributed by atoms with Crippen LogP contribution in [0.3, 0.4) is 0 Å². The van der Waals surface area contributed by atoms with Gasteiger partial charge in [-0.25, -0.2) is 4.79 Å². The summed E-state index contributed by atoms with van der Waals surface area (Å²) in [7, 11) is 1.31. The molecule has 1 unspecified atom stereocenters. The van der Waals surface area contributed by atoms with Crippen LogP contribution in [-0.2, 0) is 20.9 Å². The van der Waals surface area contributed by atoms with Crippen molar-refractivity contribution in [3.63, 3.8) is 0 Å². The standard InChI is InChI=1S/C31H31NO6/c1-19(2)18-38-24-10-7-9-23(16-24)28(33)26-27(25-11-6-5-8-20(25)3)32(30(35)29(26)34)17-21-12-14-22(15-13-21)31(36)37-4/h5-16,19,27,33H,17-18H2,1-4H3/b28-26+. The number of rotatable bonds is 8. The minimum Gasteiger partial charge on any atom is -0.507 e. The number of aliphatic hydroxyl groups excluding tert-OH is 1. The van der Waals surface area contributed by atoms with Gasteiger partial charge in [-0.3, -0.25) is 9.59 Å². The SMILES string of the molecule is COC(=O)c1ccc(CN2C(=O)C(=O)/C(=C(/O)c3cccc(OCC(C)C)c3)C2c2ccccc2C)cc1. The molecular formula is C31H31NO6. The van der Waals surface area contributed by atoms with E-state index in [4.69, 9.17) is 9.47 Å². The highest BCUT2D eigenvalue weighted by Gasteiger charge is 2.46. The molecule has 0 aliphatic carbocycles. The number of carbonyl (C=O) groups is 3. The van der Waals surface area contributed by atoms with Crippen LogP contribution in [0.25, 0.3) is 5.76 Å². The molecule has 0 spiro atoms. The van der Waals surface area contributed by atoms with Crippen molar-refractivity contribution in [3.8, 4) is 5.75 Å². The molecule has 196 valence electrons. The molecule has 0 bridgehead atoms. The molecule has 1 amide bonds. The smallest absolute Gasteiger partial charge is 0.337 e. The van der Waals surface area contributed by atoms with E-state index in [1.54, 1.807) is 48.5 Å². The Morgan fingerprint density at radius 2 is 1.68 bits per heavy atom. The molecule has 3 aromatic rings. The lowest BCUT2D eigenvalue weighted by molar-refractivity contribution is -0.140. The van der Waals surface area contributed by atoms with Crippen molar-refractivity contribution in [1.82, 2.24) is 4.90 Å². The Kier molecular flexibility index (Phi) is 7.96. The molecule has 4 rings (SSSR count). The molecule has 7 heteroatoms. The van der Waals surface area contributed by atoms with E-state index in [2.05, 4.69) is 0 Å². The number of likely N-dealkylation sites (tertiary alicyclic amines) is 1. The first-order valence-corrected chi connectivity index (χ1v) is 12.5. The number of hydrogen-bond acceptors (Lipinski definition) is 6. The number of Topliss-reactive ketones (excluding diaryl/α,β-unsaturated/α-hetero) is 1. The maximum atomic E-state index is 13.4. The maximum absolute atomic E-state index is 13.4. The number of esters is 1. The molecule has 1 aliphatic heterocycles. The minimum absolute atomic E-state index is 0.0245. The second-order valence-corrected chi connectivity index (χ2v) is 9.70. The number of aliphatic hydroxyl groups is 1. The summed E-state index contributed by atoms with van der Waals surface area (Å²) in [6, 6.07) is 20.2. The largest absolute Gasteiger partial charge is 0.507 e. The van der Waals surface area contributed by atoms with Crippen LogP contribution in [-0.4, -0.2) is 41.4 Å². The van der Waals surface area contributed by atoms with Crippen molar-refractivity contribution in [2.75, 3.05) is 13.7 Å². The molecule has 38 heavy (non-hydrogen) atoms. The Labute approximate surface area is 222 Å². The minimum atomic E-state index is -0.795. The van der Waals surface area contributed by atoms with Gasteiger partial charge in [0.1, 0.15) is 11.5 Å². The van der Waals surface area contributed by atoms with Gasteiger partial charge in [0.15, 0.2) is 0 Å². The predicted molar refractivity (Wildman–Crippen MR) is 144 cm³/mol. The number of amides is 1. The molecule has 1 fully saturated rings. The first-order chi connectivity index (χ1) is 18.2. The van der Waals surface area contributed by atoms with Crippen molar-refractivity contribution >= 4 is 23.4 Å². The van der Waals surface area contributed by atoms with Crippen LogP contribution in [0.4, 0.5) is 0 Å². The number of nitrogens with zero attached hydrogens (tertiary/aromatic N) is 1. The van der Waals surface area contributed by atoms with E-state index in [0.29, 0.717) is 29.4 Å². The molecule has 3 aromatic carbocycles. The summed E-state index contributed by atoms with van der Waals surface area (Å²) in [5.41, 5.74) is 3.15. The fraction of sp³-hybridized carbons (Fsp3) is 0.258. The van der Waals surface area contributed by atoms with Crippen LogP contribution in [0.2, 0.25) is 0 Å². The second-order valence-electron chi connectivity index (χ2n) is 9.70. The van der Waals surface area contributed by atoms with Gasteiger partial charge in [-0.1, -0.05) is 62.4 Å². The van der Waals surface area contributed by atoms with E-state index in [1.165, 1.54) is 12.0 Å². The number of aryl methyl sites for hydroxylation is 1. The normalized spacial score (nSPS) is 16.7. The molecule has 1 saturated heterocycles. The average molecular weight is 514 g/mol. The Bertz CT molecular complexity index is 1390. The van der Waals surface area contributed by atoms with Crippen LogP contribution in [0.5, 0.6) is 5.75 Å². The zero-order chi connectivity index (χ0) is 27.4. The summed E-state index contributed by atoms with van der Waals surface area (Å²) in [6.07, 6.45) is 0. The molecule has 1 N–H and O–H groups in total. The van der Waals surface area contributed by atoms with E-state index >= 15 is 0 Å². The van der Waals surface area contributed by atoms with Crippen LogP contribution < -0.4 is 4.74 Å². The summed E-state index contributed by atoms with van der Waals surface area (Å²) in [5.74, 6) is -1.29. The van der Waals surface area contributed by atoms with Crippen molar-refractivity contribution in [2.45, 2.75) is 33.4 Å². The maximum Gasteiger partial charge on any atom is 0.337 e. The summed E-state index contributed by atoms with van der Waals surface area (Å²) in [5, 5.41) is 11.4. The summed E-state index contributed by atoms with van der Waals surface area (Å²) >= 11 is 0. The lowest BCUT2D eigenvalue weighted by Crippen LogP contribution is -2.29. The van der Waals surface area contributed by atoms with Crippen molar-refractivity contribution < 1.29 is 29.0 Å². The summed E-state index contributed by atoms with van der Waals surface area (Å²) in [4.78, 5) is 40.0. The second kappa shape index (κ2) is 11.3. The first kappa shape index (κ1) is 26.7. The molecule has 1 heterocycles. The van der Waals surface area contributed by atoms with Gasteiger partial charge in [0.2, 0.25) is 0 Å². The van der Waals surface area contributed by atoms with Gasteiger partial charge in [0.05, 0.1) is 30.9 Å². The first-order valence-electron chi connectivity index (χ1n) is 12.5. The van der Waals surface area contributed by atoms with Crippen molar-refractivity contribution in [1.29, 1.82) is 0 Å². The topological polar surface area (TPSA) is 93.1 Å². The van der Waals surface area contributed by atoms with Gasteiger partial charge in [-0.2, -0.15) is 0 Å². The zero-order valence-electron chi connectivity index (χ0n) is 21.9. The number of benzene rings is 3. The highest BCUT2D eigenvalue weighted by Crippen LogP contribution is 2.41. The van der Waals surface area contributed by atoms with E-state index in [-0.39, 0.29) is 17.9 Å². The average Bonchev–Trinajstić information content (AvgIpc) is 3.16. The number of methoxy groups -OCH3 is 1. The Hall–Kier alpha value is -4.39. The molecule has 7 nitrogen and oxygen atoms in total. The molecule has 0 aromatic heterocycles. The Morgan fingerprint density at radius 1 is 0.974 bits per heavy atom. The highest BCUT2D eigenvalue weighted by atomic mass is 16.5. The molecule has 0 radical (unpaired) electrons. The predicted octanol–water partition coefficient (Wildman–Crippen LogP) is 5.44. The van der Waals surface area contributed by atoms with Crippen LogP contribution >= 0.6 is 0 Å². The van der Waals surface area contributed by atoms with Gasteiger partial charge in [0.25, 0.3) is 11.7 Å². The number of ether oxygens (including phenoxy) is 2. The monoisotopic (exact) mass is 513 g/mol.